The first-order valence-electron chi connectivity index (χ1n) is 5.05. The normalized spacial score (nSPS) is 23.6. The third kappa shape index (κ3) is 1.36. The van der Waals surface area contributed by atoms with Gasteiger partial charge in [-0.05, 0) is 12.5 Å². The third-order valence-corrected chi connectivity index (χ3v) is 2.85. The van der Waals surface area contributed by atoms with E-state index in [1.54, 1.807) is 13.0 Å². The van der Waals surface area contributed by atoms with Crippen molar-refractivity contribution < 1.29 is 19.4 Å². The van der Waals surface area contributed by atoms with Crippen LogP contribution in [0.2, 0.25) is 0 Å². The molecule has 0 saturated heterocycles. The number of esters is 1. The summed E-state index contributed by atoms with van der Waals surface area (Å²) in [6.07, 6.45) is 1.77. The van der Waals surface area contributed by atoms with Crippen LogP contribution in [-0.4, -0.2) is 23.2 Å². The van der Waals surface area contributed by atoms with Gasteiger partial charge in [0.1, 0.15) is 6.61 Å². The number of carbonyl (C=O) groups excluding carboxylic acids is 1. The molecule has 1 aliphatic rings. The van der Waals surface area contributed by atoms with Crippen molar-refractivity contribution in [1.82, 2.24) is 4.98 Å². The number of aliphatic hydroxyl groups is 1. The van der Waals surface area contributed by atoms with Crippen molar-refractivity contribution in [3.63, 3.8) is 0 Å². The smallest absolute Gasteiger partial charge is 0.343 e. The van der Waals surface area contributed by atoms with Crippen molar-refractivity contribution in [2.75, 3.05) is 7.11 Å². The summed E-state index contributed by atoms with van der Waals surface area (Å²) in [4.78, 5) is 15.6. The van der Waals surface area contributed by atoms with Gasteiger partial charge < -0.3 is 14.6 Å². The fourth-order valence-corrected chi connectivity index (χ4v) is 1.88. The minimum atomic E-state index is -1.58. The van der Waals surface area contributed by atoms with Crippen LogP contribution >= 0.6 is 0 Å². The average Bonchev–Trinajstić information content (AvgIpc) is 2.33. The van der Waals surface area contributed by atoms with Crippen LogP contribution in [-0.2, 0) is 21.7 Å². The van der Waals surface area contributed by atoms with Crippen LogP contribution in [0.5, 0.6) is 5.88 Å². The first kappa shape index (κ1) is 10.9. The highest BCUT2D eigenvalue weighted by Gasteiger charge is 2.44. The molecule has 0 bridgehead atoms. The van der Waals surface area contributed by atoms with Crippen molar-refractivity contribution in [3.05, 3.63) is 23.4 Å². The molecule has 0 saturated carbocycles. The molecule has 1 unspecified atom stereocenters. The molecule has 5 heteroatoms. The lowest BCUT2D eigenvalue weighted by Crippen LogP contribution is -2.41. The lowest BCUT2D eigenvalue weighted by atomic mass is 9.87. The van der Waals surface area contributed by atoms with Crippen molar-refractivity contribution in [3.8, 4) is 5.88 Å². The predicted octanol–water partition coefficient (Wildman–Crippen LogP) is 0.745. The number of aromatic nitrogens is 1. The Hall–Kier alpha value is -1.62. The average molecular weight is 223 g/mol. The van der Waals surface area contributed by atoms with Crippen LogP contribution in [0.25, 0.3) is 0 Å². The number of hydrogen-bond acceptors (Lipinski definition) is 5. The van der Waals surface area contributed by atoms with E-state index < -0.39 is 11.6 Å². The van der Waals surface area contributed by atoms with Gasteiger partial charge in [-0.25, -0.2) is 9.78 Å². The maximum absolute atomic E-state index is 11.6. The molecule has 2 rings (SSSR count). The van der Waals surface area contributed by atoms with Gasteiger partial charge in [-0.15, -0.1) is 0 Å². The standard InChI is InChI=1S/C11H13NO4/c1-3-11(14)8-4-5-12-9(15-2)7(8)6-16-10(11)13/h4-5,14H,3,6H2,1-2H3. The van der Waals surface area contributed by atoms with Crippen LogP contribution in [0, 0.1) is 0 Å². The van der Waals surface area contributed by atoms with Gasteiger partial charge in [-0.3, -0.25) is 0 Å². The molecule has 0 aromatic carbocycles. The van der Waals surface area contributed by atoms with Gasteiger partial charge in [-0.1, -0.05) is 6.92 Å². The largest absolute Gasteiger partial charge is 0.481 e. The monoisotopic (exact) mass is 223 g/mol. The summed E-state index contributed by atoms with van der Waals surface area (Å²) in [6, 6.07) is 1.63. The Morgan fingerprint density at radius 1 is 1.69 bits per heavy atom. The van der Waals surface area contributed by atoms with Crippen LogP contribution in [0.1, 0.15) is 24.5 Å². The molecule has 1 aliphatic heterocycles. The zero-order valence-corrected chi connectivity index (χ0v) is 9.19. The quantitative estimate of drug-likeness (QED) is 0.749. The van der Waals surface area contributed by atoms with Gasteiger partial charge in [0.25, 0.3) is 0 Å². The number of ether oxygens (including phenoxy) is 2. The molecule has 16 heavy (non-hydrogen) atoms. The molecule has 1 atom stereocenters. The number of methoxy groups -OCH3 is 1. The molecule has 86 valence electrons. The van der Waals surface area contributed by atoms with Gasteiger partial charge in [-0.2, -0.15) is 0 Å². The van der Waals surface area contributed by atoms with Gasteiger partial charge in [0.15, 0.2) is 5.60 Å². The van der Waals surface area contributed by atoms with Gasteiger partial charge in [0.2, 0.25) is 5.88 Å². The number of hydrogen-bond donors (Lipinski definition) is 1. The molecular weight excluding hydrogens is 210 g/mol. The third-order valence-electron chi connectivity index (χ3n) is 2.85. The number of cyclic esters (lactones) is 1. The number of fused-ring (bicyclic) bond motifs is 1. The summed E-state index contributed by atoms with van der Waals surface area (Å²) >= 11 is 0. The molecule has 1 N–H and O–H groups in total. The van der Waals surface area contributed by atoms with E-state index in [0.717, 1.165) is 0 Å². The summed E-state index contributed by atoms with van der Waals surface area (Å²) in [5.41, 5.74) is -0.420. The first-order chi connectivity index (χ1) is 7.63. The van der Waals surface area contributed by atoms with E-state index >= 15 is 0 Å². The van der Waals surface area contributed by atoms with E-state index in [1.807, 2.05) is 0 Å². The topological polar surface area (TPSA) is 68.7 Å². The molecule has 0 radical (unpaired) electrons. The number of pyridine rings is 1. The Bertz CT molecular complexity index is 432. The lowest BCUT2D eigenvalue weighted by molar-refractivity contribution is -0.172. The second-order valence-corrected chi connectivity index (χ2v) is 3.64. The Morgan fingerprint density at radius 2 is 2.44 bits per heavy atom. The van der Waals surface area contributed by atoms with Crippen LogP contribution < -0.4 is 4.74 Å². The Kier molecular flexibility index (Phi) is 2.55. The second-order valence-electron chi connectivity index (χ2n) is 3.64. The highest BCUT2D eigenvalue weighted by Crippen LogP contribution is 2.36. The number of carbonyl (C=O) groups is 1. The highest BCUT2D eigenvalue weighted by molar-refractivity contribution is 5.83. The summed E-state index contributed by atoms with van der Waals surface area (Å²) < 4.78 is 10.0. The van der Waals surface area contributed by atoms with E-state index in [9.17, 15) is 9.90 Å². The lowest BCUT2D eigenvalue weighted by Gasteiger charge is -2.31. The van der Waals surface area contributed by atoms with Crippen molar-refractivity contribution >= 4 is 5.97 Å². The first-order valence-corrected chi connectivity index (χ1v) is 5.05. The molecule has 1 aromatic heterocycles. The van der Waals surface area contributed by atoms with E-state index in [2.05, 4.69) is 4.98 Å². The van der Waals surface area contributed by atoms with Gasteiger partial charge >= 0.3 is 5.97 Å². The Labute approximate surface area is 93.0 Å². The van der Waals surface area contributed by atoms with Crippen molar-refractivity contribution in [1.29, 1.82) is 0 Å². The molecule has 0 fully saturated rings. The van der Waals surface area contributed by atoms with E-state index in [-0.39, 0.29) is 13.0 Å². The second kappa shape index (κ2) is 3.75. The molecule has 0 amide bonds. The highest BCUT2D eigenvalue weighted by atomic mass is 16.6. The summed E-state index contributed by atoms with van der Waals surface area (Å²) in [5, 5.41) is 10.3. The molecular formula is C11H13NO4. The van der Waals surface area contributed by atoms with Crippen molar-refractivity contribution in [2.45, 2.75) is 25.6 Å². The molecule has 2 heterocycles. The summed E-state index contributed by atoms with van der Waals surface area (Å²) in [7, 11) is 1.49. The van der Waals surface area contributed by atoms with E-state index in [4.69, 9.17) is 9.47 Å². The van der Waals surface area contributed by atoms with E-state index in [1.165, 1.54) is 13.3 Å². The molecule has 0 spiro atoms. The maximum atomic E-state index is 11.6. The Morgan fingerprint density at radius 3 is 3.06 bits per heavy atom. The summed E-state index contributed by atoms with van der Waals surface area (Å²) in [5.74, 6) is -0.229. The molecule has 0 aliphatic carbocycles. The Balaban J connectivity index is 2.61. The van der Waals surface area contributed by atoms with E-state index in [0.29, 0.717) is 17.0 Å². The minimum absolute atomic E-state index is 0.0908. The predicted molar refractivity (Wildman–Crippen MR) is 54.8 cm³/mol. The van der Waals surface area contributed by atoms with Gasteiger partial charge in [0.05, 0.1) is 12.7 Å². The van der Waals surface area contributed by atoms with Crippen molar-refractivity contribution in [2.24, 2.45) is 0 Å². The number of rotatable bonds is 2. The minimum Gasteiger partial charge on any atom is -0.481 e. The SMILES string of the molecule is CCC1(O)C(=O)OCc2c1ccnc2OC. The zero-order chi connectivity index (χ0) is 11.8. The van der Waals surface area contributed by atoms with Crippen LogP contribution in [0.4, 0.5) is 0 Å². The fraction of sp³-hybridized carbons (Fsp3) is 0.455. The van der Waals surface area contributed by atoms with Crippen LogP contribution in [0.15, 0.2) is 12.3 Å². The molecule has 1 aromatic rings. The fourth-order valence-electron chi connectivity index (χ4n) is 1.88. The van der Waals surface area contributed by atoms with Crippen LogP contribution in [0.3, 0.4) is 0 Å². The molecule has 5 nitrogen and oxygen atoms in total. The summed E-state index contributed by atoms with van der Waals surface area (Å²) in [6.45, 7) is 1.82. The number of nitrogens with zero attached hydrogens (tertiary/aromatic N) is 1. The zero-order valence-electron chi connectivity index (χ0n) is 9.19. The van der Waals surface area contributed by atoms with Gasteiger partial charge in [0, 0.05) is 11.8 Å². The maximum Gasteiger partial charge on any atom is 0.343 e.